The topological polar surface area (TPSA) is 42.5 Å². The van der Waals surface area contributed by atoms with Gasteiger partial charge in [-0.15, -0.1) is 0 Å². The van der Waals surface area contributed by atoms with Crippen molar-refractivity contribution in [2.24, 2.45) is 0 Å². The lowest BCUT2D eigenvalue weighted by Crippen LogP contribution is -2.29. The first-order valence-corrected chi connectivity index (χ1v) is 24.8. The third-order valence-corrected chi connectivity index (χ3v) is 14.7. The first-order chi connectivity index (χ1) is 31.9. The lowest BCUT2D eigenvalue weighted by atomic mass is 9.83. The highest BCUT2D eigenvalue weighted by atomic mass is 16.6. The number of fused-ring (bicyclic) bond motifs is 1. The fraction of sp³-hybridized carbons (Fsp3) is 0.397. The van der Waals surface area contributed by atoms with Gasteiger partial charge in [0.25, 0.3) is 0 Å². The number of ether oxygens (including phenoxy) is 1. The molecule has 7 heteroatoms. The van der Waals surface area contributed by atoms with Crippen LogP contribution in [0.2, 0.25) is 0 Å². The number of anilines is 5. The molecule has 0 amide bonds. The van der Waals surface area contributed by atoms with E-state index in [1.165, 1.54) is 99.8 Å². The molecule has 65 heavy (non-hydrogen) atoms. The minimum atomic E-state index is -1.23. The molecule has 0 aliphatic carbocycles. The van der Waals surface area contributed by atoms with Crippen LogP contribution in [0.25, 0.3) is 11.1 Å². The number of hydrogen-bond donors (Lipinski definition) is 0. The summed E-state index contributed by atoms with van der Waals surface area (Å²) in [5.41, 5.74) is 12.7. The summed E-state index contributed by atoms with van der Waals surface area (Å²) in [6.07, 6.45) is 19.6. The molecule has 5 aliphatic rings. The zero-order valence-electron chi connectivity index (χ0n) is 38.8. The Morgan fingerprint density at radius 2 is 0.754 bits per heavy atom. The molecule has 5 aromatic rings. The van der Waals surface area contributed by atoms with E-state index in [1.54, 1.807) is 0 Å². The van der Waals surface area contributed by atoms with E-state index in [2.05, 4.69) is 146 Å². The van der Waals surface area contributed by atoms with Crippen molar-refractivity contribution in [1.82, 2.24) is 0 Å². The molecule has 0 saturated carbocycles. The lowest BCUT2D eigenvalue weighted by Gasteiger charge is -2.30. The van der Waals surface area contributed by atoms with Gasteiger partial charge < -0.3 is 29.2 Å². The molecule has 0 aromatic heterocycles. The van der Waals surface area contributed by atoms with Crippen LogP contribution in [0.15, 0.2) is 127 Å². The van der Waals surface area contributed by atoms with Crippen molar-refractivity contribution in [1.29, 1.82) is 0 Å². The average molecular weight is 866 g/mol. The summed E-state index contributed by atoms with van der Waals surface area (Å²) in [5.74, 6) is -0.309. The van der Waals surface area contributed by atoms with Crippen molar-refractivity contribution in [3.8, 4) is 0 Å². The van der Waals surface area contributed by atoms with Gasteiger partial charge in [-0.2, -0.15) is 0 Å². The Morgan fingerprint density at radius 3 is 1.05 bits per heavy atom. The molecule has 0 unspecified atom stereocenters. The molecule has 4 saturated heterocycles. The second-order valence-corrected chi connectivity index (χ2v) is 19.3. The van der Waals surface area contributed by atoms with E-state index in [1.807, 2.05) is 20.2 Å². The van der Waals surface area contributed by atoms with Crippen LogP contribution in [0.3, 0.4) is 0 Å². The van der Waals surface area contributed by atoms with Gasteiger partial charge in [-0.25, -0.2) is 4.79 Å². The Kier molecular flexibility index (Phi) is 12.7. The highest BCUT2D eigenvalue weighted by Crippen LogP contribution is 2.46. The number of nitrogens with zero attached hydrogens (tertiary/aromatic N) is 5. The number of esters is 1. The summed E-state index contributed by atoms with van der Waals surface area (Å²) >= 11 is 0. The summed E-state index contributed by atoms with van der Waals surface area (Å²) in [4.78, 5) is 26.7. The largest absolute Gasteiger partial charge is 0.442 e. The van der Waals surface area contributed by atoms with E-state index in [4.69, 9.17) is 4.74 Å². The smallest absolute Gasteiger partial charge is 0.340 e. The fourth-order valence-electron chi connectivity index (χ4n) is 11.0. The molecule has 336 valence electrons. The number of piperidine rings is 4. The van der Waals surface area contributed by atoms with Gasteiger partial charge >= 0.3 is 5.97 Å². The van der Waals surface area contributed by atoms with Crippen LogP contribution in [-0.2, 0) is 10.3 Å². The Bertz CT molecular complexity index is 2200. The number of benzene rings is 5. The molecule has 0 bridgehead atoms. The van der Waals surface area contributed by atoms with Crippen LogP contribution >= 0.6 is 0 Å². The Balaban J connectivity index is 1.16. The maximum absolute atomic E-state index is 14.5. The quantitative estimate of drug-likeness (QED) is 0.123. The summed E-state index contributed by atoms with van der Waals surface area (Å²) in [6, 6.07) is 42.8. The monoisotopic (exact) mass is 866 g/mol. The van der Waals surface area contributed by atoms with E-state index < -0.39 is 5.60 Å². The molecule has 0 N–H and O–H groups in total. The molecule has 5 aliphatic heterocycles. The highest BCUT2D eigenvalue weighted by Gasteiger charge is 2.44. The molecular formula is C58H67N5O2. The van der Waals surface area contributed by atoms with Crippen LogP contribution in [0.5, 0.6) is 0 Å². The summed E-state index contributed by atoms with van der Waals surface area (Å²) in [6.45, 7) is 8.75. The molecular weight excluding hydrogens is 799 g/mol. The molecule has 4 fully saturated rings. The van der Waals surface area contributed by atoms with Crippen LogP contribution in [0.1, 0.15) is 115 Å². The van der Waals surface area contributed by atoms with Crippen LogP contribution < -0.4 is 24.5 Å². The number of hydrogen-bond acceptors (Lipinski definition) is 7. The van der Waals surface area contributed by atoms with Crippen LogP contribution in [-0.4, -0.2) is 72.4 Å². The predicted molar refractivity (Wildman–Crippen MR) is 272 cm³/mol. The van der Waals surface area contributed by atoms with Gasteiger partial charge in [0.2, 0.25) is 0 Å². The molecule has 5 heterocycles. The average Bonchev–Trinajstić information content (AvgIpc) is 3.65. The van der Waals surface area contributed by atoms with E-state index in [9.17, 15) is 4.79 Å². The molecule has 0 atom stereocenters. The van der Waals surface area contributed by atoms with Crippen molar-refractivity contribution in [2.75, 3.05) is 91.0 Å². The number of rotatable bonds is 11. The maximum Gasteiger partial charge on any atom is 0.340 e. The van der Waals surface area contributed by atoms with Crippen molar-refractivity contribution in [2.45, 2.75) is 82.7 Å². The van der Waals surface area contributed by atoms with E-state index in [0.29, 0.717) is 5.56 Å². The van der Waals surface area contributed by atoms with E-state index in [-0.39, 0.29) is 5.97 Å². The van der Waals surface area contributed by atoms with Gasteiger partial charge in [0.05, 0.1) is 5.56 Å². The fourth-order valence-corrected chi connectivity index (χ4v) is 11.0. The van der Waals surface area contributed by atoms with Crippen LogP contribution in [0, 0.1) is 0 Å². The van der Waals surface area contributed by atoms with E-state index >= 15 is 0 Å². The van der Waals surface area contributed by atoms with Crippen LogP contribution in [0.4, 0.5) is 28.4 Å². The predicted octanol–water partition coefficient (Wildman–Crippen LogP) is 12.3. The Labute approximate surface area is 388 Å². The summed E-state index contributed by atoms with van der Waals surface area (Å²) in [5, 5.41) is 0. The second-order valence-electron chi connectivity index (χ2n) is 19.3. The van der Waals surface area contributed by atoms with Gasteiger partial charge in [-0.05, 0) is 183 Å². The molecule has 5 aromatic carbocycles. The molecule has 10 rings (SSSR count). The Hall–Kier alpha value is -5.95. The first-order valence-electron chi connectivity index (χ1n) is 24.8. The zero-order chi connectivity index (χ0) is 44.2. The van der Waals surface area contributed by atoms with Gasteiger partial charge in [0.15, 0.2) is 5.60 Å². The minimum Gasteiger partial charge on any atom is -0.442 e. The van der Waals surface area contributed by atoms with Gasteiger partial charge in [0.1, 0.15) is 0 Å². The first kappa shape index (κ1) is 43.0. The Morgan fingerprint density at radius 1 is 0.446 bits per heavy atom. The number of carbonyl (C=O) groups is 1. The second kappa shape index (κ2) is 19.3. The van der Waals surface area contributed by atoms with Gasteiger partial charge in [0, 0.05) is 100 Å². The summed E-state index contributed by atoms with van der Waals surface area (Å²) < 4.78 is 6.93. The van der Waals surface area contributed by atoms with Gasteiger partial charge in [-0.3, -0.25) is 0 Å². The lowest BCUT2D eigenvalue weighted by molar-refractivity contribution is 0.0299. The molecule has 7 nitrogen and oxygen atoms in total. The van der Waals surface area contributed by atoms with Crippen molar-refractivity contribution in [3.63, 3.8) is 0 Å². The number of carbonyl (C=O) groups excluding carboxylic acids is 1. The van der Waals surface area contributed by atoms with E-state index in [0.717, 1.165) is 97.0 Å². The molecule has 0 radical (unpaired) electrons. The third-order valence-electron chi connectivity index (χ3n) is 14.7. The van der Waals surface area contributed by atoms with Crippen molar-refractivity contribution < 1.29 is 9.53 Å². The zero-order valence-corrected chi connectivity index (χ0v) is 38.8. The van der Waals surface area contributed by atoms with Crippen molar-refractivity contribution in [3.05, 3.63) is 161 Å². The maximum atomic E-state index is 14.5. The summed E-state index contributed by atoms with van der Waals surface area (Å²) in [7, 11) is 4.04. The number of cyclic esters (lactones) is 1. The van der Waals surface area contributed by atoms with Gasteiger partial charge in [-0.1, -0.05) is 54.6 Å². The van der Waals surface area contributed by atoms with Crippen molar-refractivity contribution >= 4 is 45.6 Å². The SMILES string of the molecule is CN(C)c1ccc2c(c1)C(=O)OC2(C=C(c1ccc(N2CCCCC2)cc1)c1ccc(N2CCCCC2)cc1)C=C(c1ccc(N2CCCCC2)cc1)c1ccc(N2CCCCC2)cc1. The highest BCUT2D eigenvalue weighted by molar-refractivity contribution is 5.98. The third kappa shape index (κ3) is 9.30. The normalized spacial score (nSPS) is 18.5. The standard InChI is InChI=1S/C58H67N5O2/c1-59(2)52-31-32-56-53(41-52)57(64)65-58(56,42-54(44-15-23-48(24-16-44)60-33-7-3-8-34-60)45-17-25-49(26-18-45)61-35-9-4-10-36-61)43-55(46-19-27-50(28-20-46)62-37-11-5-12-38-62)47-21-29-51(30-22-47)63-39-13-6-14-40-63/h15-32,41-43H,3-14,33-40H2,1-2H3. The molecule has 0 spiro atoms. The minimum absolute atomic E-state index is 0.309.